The molecule has 0 bridgehead atoms. The Labute approximate surface area is 109 Å². The lowest BCUT2D eigenvalue weighted by molar-refractivity contribution is 0.288. The minimum atomic E-state index is 0.670. The van der Waals surface area contributed by atoms with Gasteiger partial charge in [-0.1, -0.05) is 6.92 Å². The maximum Gasteiger partial charge on any atom is 0.168 e. The van der Waals surface area contributed by atoms with E-state index in [0.717, 1.165) is 37.2 Å². The van der Waals surface area contributed by atoms with Gasteiger partial charge in [0, 0.05) is 25.3 Å². The van der Waals surface area contributed by atoms with Crippen molar-refractivity contribution in [2.75, 3.05) is 31.6 Å². The average molecular weight is 249 g/mol. The zero-order valence-electron chi connectivity index (χ0n) is 11.4. The van der Waals surface area contributed by atoms with E-state index in [1.165, 1.54) is 12.8 Å². The molecule has 1 aliphatic rings. The quantitative estimate of drug-likeness (QED) is 0.767. The number of aromatic nitrogens is 1. The lowest BCUT2D eigenvalue weighted by Gasteiger charge is -2.20. The Balaban J connectivity index is 1.81. The molecular formula is C14H23N3O. The number of nitrogens with zero attached hydrogens (tertiary/aromatic N) is 2. The number of ether oxygens (including phenoxy) is 1. The monoisotopic (exact) mass is 249 g/mol. The van der Waals surface area contributed by atoms with Gasteiger partial charge in [0.15, 0.2) is 11.6 Å². The maximum atomic E-state index is 5.54. The van der Waals surface area contributed by atoms with E-state index in [-0.39, 0.29) is 0 Å². The van der Waals surface area contributed by atoms with Crippen molar-refractivity contribution >= 4 is 5.82 Å². The molecule has 0 radical (unpaired) electrons. The van der Waals surface area contributed by atoms with Gasteiger partial charge >= 0.3 is 0 Å². The molecule has 1 N–H and O–H groups in total. The molecule has 0 spiro atoms. The lowest BCUT2D eigenvalue weighted by Crippen LogP contribution is -2.31. The standard InChI is InChI=1S/C14H23N3O/c1-3-17(12-7-8-12)11-10-16-14-13(18-4-2)6-5-9-15-14/h5-6,9,12H,3-4,7-8,10-11H2,1-2H3,(H,15,16). The van der Waals surface area contributed by atoms with E-state index in [4.69, 9.17) is 4.74 Å². The lowest BCUT2D eigenvalue weighted by atomic mass is 10.4. The maximum absolute atomic E-state index is 5.54. The summed E-state index contributed by atoms with van der Waals surface area (Å²) in [5.41, 5.74) is 0. The third-order valence-electron chi connectivity index (χ3n) is 3.23. The highest BCUT2D eigenvalue weighted by molar-refractivity contribution is 5.49. The largest absolute Gasteiger partial charge is 0.490 e. The Bertz CT molecular complexity index is 366. The molecule has 1 aliphatic carbocycles. The fraction of sp³-hybridized carbons (Fsp3) is 0.643. The van der Waals surface area contributed by atoms with Crippen LogP contribution in [0, 0.1) is 0 Å². The second-order valence-electron chi connectivity index (χ2n) is 4.57. The summed E-state index contributed by atoms with van der Waals surface area (Å²) < 4.78 is 5.54. The van der Waals surface area contributed by atoms with E-state index in [9.17, 15) is 0 Å². The predicted molar refractivity (Wildman–Crippen MR) is 74.2 cm³/mol. The second-order valence-corrected chi connectivity index (χ2v) is 4.57. The Kier molecular flexibility index (Phi) is 4.81. The van der Waals surface area contributed by atoms with Gasteiger partial charge in [-0.05, 0) is 38.4 Å². The smallest absolute Gasteiger partial charge is 0.168 e. The summed E-state index contributed by atoms with van der Waals surface area (Å²) in [6.45, 7) is 8.01. The summed E-state index contributed by atoms with van der Waals surface area (Å²) in [6.07, 6.45) is 4.52. The minimum absolute atomic E-state index is 0.670. The van der Waals surface area contributed by atoms with Crippen LogP contribution in [0.1, 0.15) is 26.7 Å². The normalized spacial score (nSPS) is 14.8. The van der Waals surface area contributed by atoms with Crippen LogP contribution in [0.3, 0.4) is 0 Å². The topological polar surface area (TPSA) is 37.4 Å². The van der Waals surface area contributed by atoms with Crippen LogP contribution in [0.5, 0.6) is 5.75 Å². The molecule has 1 fully saturated rings. The SMILES string of the molecule is CCOc1cccnc1NCCN(CC)C1CC1. The van der Waals surface area contributed by atoms with Crippen LogP contribution >= 0.6 is 0 Å². The summed E-state index contributed by atoms with van der Waals surface area (Å²) in [5, 5.41) is 3.37. The molecule has 0 atom stereocenters. The van der Waals surface area contributed by atoms with Crippen molar-refractivity contribution in [2.24, 2.45) is 0 Å². The van der Waals surface area contributed by atoms with Crippen LogP contribution in [-0.2, 0) is 0 Å². The Morgan fingerprint density at radius 1 is 1.44 bits per heavy atom. The number of likely N-dealkylation sites (N-methyl/N-ethyl adjacent to an activating group) is 1. The predicted octanol–water partition coefficient (Wildman–Crippen LogP) is 2.38. The molecule has 2 rings (SSSR count). The minimum Gasteiger partial charge on any atom is -0.490 e. The highest BCUT2D eigenvalue weighted by Gasteiger charge is 2.27. The third-order valence-corrected chi connectivity index (χ3v) is 3.23. The third kappa shape index (κ3) is 3.60. The van der Waals surface area contributed by atoms with Gasteiger partial charge in [-0.15, -0.1) is 0 Å². The zero-order chi connectivity index (χ0) is 12.8. The molecule has 0 unspecified atom stereocenters. The molecular weight excluding hydrogens is 226 g/mol. The van der Waals surface area contributed by atoms with Gasteiger partial charge in [-0.25, -0.2) is 4.98 Å². The van der Waals surface area contributed by atoms with Crippen LogP contribution in [0.15, 0.2) is 18.3 Å². The van der Waals surface area contributed by atoms with E-state index in [1.807, 2.05) is 19.1 Å². The first kappa shape index (κ1) is 13.1. The first-order valence-corrected chi connectivity index (χ1v) is 6.90. The van der Waals surface area contributed by atoms with Crippen LogP contribution in [0.4, 0.5) is 5.82 Å². The zero-order valence-corrected chi connectivity index (χ0v) is 11.4. The number of anilines is 1. The van der Waals surface area contributed by atoms with Crippen molar-refractivity contribution in [1.29, 1.82) is 0 Å². The van der Waals surface area contributed by atoms with Crippen LogP contribution < -0.4 is 10.1 Å². The molecule has 4 nitrogen and oxygen atoms in total. The molecule has 1 saturated carbocycles. The molecule has 18 heavy (non-hydrogen) atoms. The number of rotatable bonds is 8. The van der Waals surface area contributed by atoms with Gasteiger partial charge in [0.25, 0.3) is 0 Å². The second kappa shape index (κ2) is 6.59. The highest BCUT2D eigenvalue weighted by Crippen LogP contribution is 2.26. The molecule has 0 aliphatic heterocycles. The Hall–Kier alpha value is -1.29. The van der Waals surface area contributed by atoms with Crippen LogP contribution in [-0.4, -0.2) is 42.2 Å². The van der Waals surface area contributed by atoms with Crippen molar-refractivity contribution in [3.05, 3.63) is 18.3 Å². The number of hydrogen-bond donors (Lipinski definition) is 1. The molecule has 0 saturated heterocycles. The van der Waals surface area contributed by atoms with Gasteiger partial charge in [-0.2, -0.15) is 0 Å². The summed E-state index contributed by atoms with van der Waals surface area (Å²) in [4.78, 5) is 6.85. The van der Waals surface area contributed by atoms with Crippen molar-refractivity contribution < 1.29 is 4.74 Å². The van der Waals surface area contributed by atoms with Crippen molar-refractivity contribution in [3.63, 3.8) is 0 Å². The van der Waals surface area contributed by atoms with E-state index in [0.29, 0.717) is 6.61 Å². The fourth-order valence-electron chi connectivity index (χ4n) is 2.15. The molecule has 1 aromatic rings. The van der Waals surface area contributed by atoms with Crippen molar-refractivity contribution in [1.82, 2.24) is 9.88 Å². The molecule has 1 aromatic heterocycles. The van der Waals surface area contributed by atoms with E-state index < -0.39 is 0 Å². The average Bonchev–Trinajstić information content (AvgIpc) is 3.21. The number of nitrogens with one attached hydrogen (secondary N) is 1. The van der Waals surface area contributed by atoms with Crippen molar-refractivity contribution in [3.8, 4) is 5.75 Å². The van der Waals surface area contributed by atoms with Crippen LogP contribution in [0.25, 0.3) is 0 Å². The molecule has 100 valence electrons. The highest BCUT2D eigenvalue weighted by atomic mass is 16.5. The number of pyridine rings is 1. The van der Waals surface area contributed by atoms with Gasteiger partial charge in [0.2, 0.25) is 0 Å². The van der Waals surface area contributed by atoms with Crippen molar-refractivity contribution in [2.45, 2.75) is 32.7 Å². The first-order valence-electron chi connectivity index (χ1n) is 6.90. The van der Waals surface area contributed by atoms with Gasteiger partial charge in [-0.3, -0.25) is 4.90 Å². The fourth-order valence-corrected chi connectivity index (χ4v) is 2.15. The number of hydrogen-bond acceptors (Lipinski definition) is 4. The molecule has 1 heterocycles. The van der Waals surface area contributed by atoms with E-state index >= 15 is 0 Å². The summed E-state index contributed by atoms with van der Waals surface area (Å²) in [7, 11) is 0. The van der Waals surface area contributed by atoms with Crippen LogP contribution in [0.2, 0.25) is 0 Å². The van der Waals surface area contributed by atoms with Gasteiger partial charge in [0.1, 0.15) is 0 Å². The summed E-state index contributed by atoms with van der Waals surface area (Å²) in [6, 6.07) is 4.68. The molecule has 0 aromatic carbocycles. The van der Waals surface area contributed by atoms with Gasteiger partial charge < -0.3 is 10.1 Å². The summed E-state index contributed by atoms with van der Waals surface area (Å²) in [5.74, 6) is 1.70. The van der Waals surface area contributed by atoms with Gasteiger partial charge in [0.05, 0.1) is 6.61 Å². The Morgan fingerprint density at radius 3 is 2.94 bits per heavy atom. The molecule has 4 heteroatoms. The van der Waals surface area contributed by atoms with E-state index in [2.05, 4.69) is 22.1 Å². The Morgan fingerprint density at radius 2 is 2.28 bits per heavy atom. The van der Waals surface area contributed by atoms with E-state index in [1.54, 1.807) is 6.20 Å². The molecule has 0 amide bonds. The summed E-state index contributed by atoms with van der Waals surface area (Å²) >= 11 is 0. The first-order chi connectivity index (χ1) is 8.85.